The highest BCUT2D eigenvalue weighted by molar-refractivity contribution is 7.76. The highest BCUT2D eigenvalue weighted by Gasteiger charge is 2.40. The minimum Gasteiger partial charge on any atom is -0.322 e. The van der Waals surface area contributed by atoms with Crippen molar-refractivity contribution in [3.05, 3.63) is 0 Å². The summed E-state index contributed by atoms with van der Waals surface area (Å²) in [5, 5.41) is 0. The van der Waals surface area contributed by atoms with Crippen molar-refractivity contribution in [2.75, 3.05) is 26.5 Å². The summed E-state index contributed by atoms with van der Waals surface area (Å²) in [5.41, 5.74) is 4.59. The van der Waals surface area contributed by atoms with Crippen molar-refractivity contribution < 1.29 is 18.2 Å². The van der Waals surface area contributed by atoms with Crippen molar-refractivity contribution in [2.24, 2.45) is 5.73 Å². The standard InChI is InChI=1S/C7H19NO4P2/c1-5-11-14(10,12-6-2)7(8)13(3,4)9/h7H,5-6,8H2,1-4H3. The SMILES string of the molecule is CCOP(=O)(OCC)C(N)P(C)(C)=O. The molecular weight excluding hydrogens is 224 g/mol. The maximum absolute atomic E-state index is 12.0. The van der Waals surface area contributed by atoms with Crippen molar-refractivity contribution in [1.29, 1.82) is 0 Å². The largest absolute Gasteiger partial charge is 0.354 e. The van der Waals surface area contributed by atoms with Gasteiger partial charge in [0.2, 0.25) is 0 Å². The maximum atomic E-state index is 12.0. The third-order valence-corrected chi connectivity index (χ3v) is 7.25. The first kappa shape index (κ1) is 14.3. The fourth-order valence-electron chi connectivity index (χ4n) is 0.890. The Kier molecular flexibility index (Phi) is 5.56. The van der Waals surface area contributed by atoms with Gasteiger partial charge in [0.1, 0.15) is 7.14 Å². The molecule has 14 heavy (non-hydrogen) atoms. The predicted octanol–water partition coefficient (Wildman–Crippen LogP) is 2.12. The summed E-state index contributed by atoms with van der Waals surface area (Å²) in [4.78, 5) is 0. The summed E-state index contributed by atoms with van der Waals surface area (Å²) < 4.78 is 33.7. The van der Waals surface area contributed by atoms with Gasteiger partial charge in [-0.15, -0.1) is 0 Å². The lowest BCUT2D eigenvalue weighted by Gasteiger charge is -2.25. The fourth-order valence-corrected chi connectivity index (χ4v) is 5.11. The summed E-state index contributed by atoms with van der Waals surface area (Å²) in [6.45, 7) is 6.78. The van der Waals surface area contributed by atoms with Gasteiger partial charge in [0.05, 0.1) is 13.2 Å². The van der Waals surface area contributed by atoms with Crippen LogP contribution in [0.5, 0.6) is 0 Å². The normalized spacial score (nSPS) is 15.5. The maximum Gasteiger partial charge on any atom is 0.354 e. The lowest BCUT2D eigenvalue weighted by molar-refractivity contribution is 0.218. The van der Waals surface area contributed by atoms with E-state index in [2.05, 4.69) is 0 Å². The summed E-state index contributed by atoms with van der Waals surface area (Å²) in [6.07, 6.45) is 0. The summed E-state index contributed by atoms with van der Waals surface area (Å²) >= 11 is 0. The van der Waals surface area contributed by atoms with Crippen LogP contribution in [0.4, 0.5) is 0 Å². The van der Waals surface area contributed by atoms with E-state index in [1.807, 2.05) is 0 Å². The van der Waals surface area contributed by atoms with Crippen molar-refractivity contribution in [3.63, 3.8) is 0 Å². The Morgan fingerprint density at radius 2 is 1.50 bits per heavy atom. The molecule has 0 aliphatic rings. The van der Waals surface area contributed by atoms with E-state index in [9.17, 15) is 9.13 Å². The van der Waals surface area contributed by atoms with E-state index in [0.29, 0.717) is 0 Å². The second-order valence-electron chi connectivity index (χ2n) is 3.22. The topological polar surface area (TPSA) is 78.6 Å². The molecule has 0 saturated heterocycles. The molecule has 0 aliphatic heterocycles. The molecule has 0 aromatic rings. The highest BCUT2D eigenvalue weighted by Crippen LogP contribution is 2.63. The smallest absolute Gasteiger partial charge is 0.322 e. The number of nitrogens with two attached hydrogens (primary N) is 1. The lowest BCUT2D eigenvalue weighted by atomic mass is 10.9. The molecular formula is C7H19NO4P2. The number of hydrogen-bond donors (Lipinski definition) is 1. The van der Waals surface area contributed by atoms with E-state index in [0.717, 1.165) is 0 Å². The van der Waals surface area contributed by atoms with E-state index in [1.54, 1.807) is 13.8 Å². The van der Waals surface area contributed by atoms with E-state index < -0.39 is 20.3 Å². The monoisotopic (exact) mass is 243 g/mol. The minimum absolute atomic E-state index is 0.227. The van der Waals surface area contributed by atoms with Crippen LogP contribution in [0, 0.1) is 0 Å². The molecule has 7 heteroatoms. The molecule has 0 radical (unpaired) electrons. The van der Waals surface area contributed by atoms with E-state index in [4.69, 9.17) is 14.8 Å². The van der Waals surface area contributed by atoms with Gasteiger partial charge in [0.15, 0.2) is 5.52 Å². The molecule has 0 saturated carbocycles. The second kappa shape index (κ2) is 5.43. The molecule has 0 fully saturated rings. The van der Waals surface area contributed by atoms with Crippen LogP contribution in [0.2, 0.25) is 0 Å². The fraction of sp³-hybridized carbons (Fsp3) is 1.00. The molecule has 0 bridgehead atoms. The summed E-state index contributed by atoms with van der Waals surface area (Å²) in [7, 11) is -6.09. The Labute approximate surface area is 85.2 Å². The molecule has 0 rings (SSSR count). The highest BCUT2D eigenvalue weighted by atomic mass is 31.2. The first-order valence-corrected chi connectivity index (χ1v) is 8.75. The van der Waals surface area contributed by atoms with Crippen molar-refractivity contribution >= 4 is 14.7 Å². The Bertz CT molecular complexity index is 252. The number of hydrogen-bond acceptors (Lipinski definition) is 5. The van der Waals surface area contributed by atoms with Gasteiger partial charge in [-0.2, -0.15) is 0 Å². The van der Waals surface area contributed by atoms with Crippen LogP contribution in [0.15, 0.2) is 0 Å². The van der Waals surface area contributed by atoms with Crippen LogP contribution in [-0.2, 0) is 18.2 Å². The van der Waals surface area contributed by atoms with Crippen molar-refractivity contribution in [3.8, 4) is 0 Å². The Morgan fingerprint density at radius 3 is 1.71 bits per heavy atom. The van der Waals surface area contributed by atoms with E-state index in [1.165, 1.54) is 13.3 Å². The molecule has 5 nitrogen and oxygen atoms in total. The third kappa shape index (κ3) is 3.84. The van der Waals surface area contributed by atoms with Crippen LogP contribution in [0.25, 0.3) is 0 Å². The molecule has 0 aromatic carbocycles. The molecule has 0 aliphatic carbocycles. The average Bonchev–Trinajstić information content (AvgIpc) is 2.02. The quantitative estimate of drug-likeness (QED) is 0.723. The zero-order chi connectivity index (χ0) is 11.4. The Morgan fingerprint density at radius 1 is 1.14 bits per heavy atom. The van der Waals surface area contributed by atoms with Crippen LogP contribution < -0.4 is 5.73 Å². The second-order valence-corrected chi connectivity index (χ2v) is 9.21. The first-order chi connectivity index (χ1) is 6.28. The summed E-state index contributed by atoms with van der Waals surface area (Å²) in [5.74, 6) is 0. The van der Waals surface area contributed by atoms with Gasteiger partial charge in [-0.25, -0.2) is 0 Å². The van der Waals surface area contributed by atoms with Crippen molar-refractivity contribution in [1.82, 2.24) is 0 Å². The molecule has 1 atom stereocenters. The molecule has 0 aromatic heterocycles. The average molecular weight is 243 g/mol. The van der Waals surface area contributed by atoms with Gasteiger partial charge < -0.3 is 19.3 Å². The zero-order valence-electron chi connectivity index (χ0n) is 9.10. The van der Waals surface area contributed by atoms with Gasteiger partial charge in [-0.3, -0.25) is 4.57 Å². The van der Waals surface area contributed by atoms with Gasteiger partial charge in [0.25, 0.3) is 0 Å². The van der Waals surface area contributed by atoms with Crippen molar-refractivity contribution in [2.45, 2.75) is 19.4 Å². The molecule has 0 spiro atoms. The number of rotatable bonds is 6. The van der Waals surface area contributed by atoms with Gasteiger partial charge in [-0.05, 0) is 27.2 Å². The minimum atomic E-state index is -3.42. The van der Waals surface area contributed by atoms with Crippen LogP contribution in [0.3, 0.4) is 0 Å². The Balaban J connectivity index is 4.82. The zero-order valence-corrected chi connectivity index (χ0v) is 10.9. The van der Waals surface area contributed by atoms with Gasteiger partial charge >= 0.3 is 7.60 Å². The van der Waals surface area contributed by atoms with Gasteiger partial charge in [0, 0.05) is 0 Å². The van der Waals surface area contributed by atoms with Crippen LogP contribution in [-0.4, -0.2) is 32.1 Å². The predicted molar refractivity (Wildman–Crippen MR) is 58.3 cm³/mol. The molecule has 0 amide bonds. The van der Waals surface area contributed by atoms with Gasteiger partial charge in [-0.1, -0.05) is 0 Å². The Hall–Kier alpha value is 0.340. The van der Waals surface area contributed by atoms with E-state index in [-0.39, 0.29) is 13.2 Å². The first-order valence-electron chi connectivity index (χ1n) is 4.47. The summed E-state index contributed by atoms with van der Waals surface area (Å²) in [6, 6.07) is 0. The van der Waals surface area contributed by atoms with Crippen LogP contribution in [0.1, 0.15) is 13.8 Å². The molecule has 2 N–H and O–H groups in total. The molecule has 0 heterocycles. The lowest BCUT2D eigenvalue weighted by Crippen LogP contribution is -2.22. The molecule has 86 valence electrons. The third-order valence-electron chi connectivity index (χ3n) is 1.58. The molecule has 1 unspecified atom stereocenters. The van der Waals surface area contributed by atoms with Crippen LogP contribution >= 0.6 is 14.7 Å². The van der Waals surface area contributed by atoms with E-state index >= 15 is 0 Å².